The molecule has 0 aliphatic carbocycles. The van der Waals surface area contributed by atoms with Crippen molar-refractivity contribution in [3.63, 3.8) is 0 Å². The molecule has 2 fully saturated rings. The minimum atomic E-state index is 0. The molecule has 1 amide bonds. The van der Waals surface area contributed by atoms with E-state index in [0.717, 1.165) is 39.0 Å². The fourth-order valence-electron chi connectivity index (χ4n) is 1.93. The molecule has 14 heavy (non-hydrogen) atoms. The fraction of sp³-hybridized carbons (Fsp3) is 0.889. The molecule has 82 valence electrons. The van der Waals surface area contributed by atoms with Crippen LogP contribution >= 0.6 is 12.4 Å². The maximum absolute atomic E-state index is 11.8. The number of rotatable bonds is 1. The Morgan fingerprint density at radius 2 is 2.14 bits per heavy atom. The Morgan fingerprint density at radius 1 is 1.43 bits per heavy atom. The summed E-state index contributed by atoms with van der Waals surface area (Å²) in [5.41, 5.74) is 5.81. The second kappa shape index (κ2) is 4.96. The summed E-state index contributed by atoms with van der Waals surface area (Å²) in [5, 5.41) is 3.11. The zero-order valence-corrected chi connectivity index (χ0v) is 9.05. The van der Waals surface area contributed by atoms with Crippen LogP contribution in [0.5, 0.6) is 0 Å². The monoisotopic (exact) mass is 219 g/mol. The number of halogens is 1. The Bertz CT molecular complexity index is 208. The van der Waals surface area contributed by atoms with Crippen LogP contribution in [-0.4, -0.2) is 43.0 Å². The third kappa shape index (κ3) is 2.38. The van der Waals surface area contributed by atoms with Crippen molar-refractivity contribution in [2.75, 3.05) is 26.2 Å². The van der Waals surface area contributed by atoms with Crippen LogP contribution in [0, 0.1) is 5.92 Å². The first-order valence-corrected chi connectivity index (χ1v) is 5.02. The van der Waals surface area contributed by atoms with Crippen LogP contribution in [0.25, 0.3) is 0 Å². The average molecular weight is 220 g/mol. The van der Waals surface area contributed by atoms with E-state index in [4.69, 9.17) is 5.73 Å². The second-order valence-corrected chi connectivity index (χ2v) is 4.04. The van der Waals surface area contributed by atoms with Gasteiger partial charge in [-0.25, -0.2) is 0 Å². The van der Waals surface area contributed by atoms with Crippen molar-refractivity contribution in [1.29, 1.82) is 0 Å². The third-order valence-corrected chi connectivity index (χ3v) is 2.90. The van der Waals surface area contributed by atoms with Crippen LogP contribution in [0.2, 0.25) is 0 Å². The van der Waals surface area contributed by atoms with E-state index in [1.54, 1.807) is 0 Å². The number of amides is 1. The van der Waals surface area contributed by atoms with Crippen LogP contribution in [0.15, 0.2) is 0 Å². The van der Waals surface area contributed by atoms with E-state index >= 15 is 0 Å². The molecular weight excluding hydrogens is 202 g/mol. The summed E-state index contributed by atoms with van der Waals surface area (Å²) in [6.45, 7) is 3.37. The van der Waals surface area contributed by atoms with Gasteiger partial charge in [-0.05, 0) is 12.8 Å². The summed E-state index contributed by atoms with van der Waals surface area (Å²) in [6, 6.07) is 0.200. The van der Waals surface area contributed by atoms with Crippen molar-refractivity contribution in [3.8, 4) is 0 Å². The Kier molecular flexibility index (Phi) is 4.16. The summed E-state index contributed by atoms with van der Waals surface area (Å²) in [5.74, 6) is 0.527. The molecular formula is C9H18ClN3O. The lowest BCUT2D eigenvalue weighted by atomic mass is 9.99. The van der Waals surface area contributed by atoms with Crippen LogP contribution in [0.1, 0.15) is 12.8 Å². The molecule has 0 aromatic heterocycles. The van der Waals surface area contributed by atoms with Gasteiger partial charge in [0.25, 0.3) is 0 Å². The van der Waals surface area contributed by atoms with Crippen LogP contribution in [0.4, 0.5) is 0 Å². The van der Waals surface area contributed by atoms with E-state index in [9.17, 15) is 4.79 Å². The van der Waals surface area contributed by atoms with Gasteiger partial charge in [0.05, 0.1) is 5.92 Å². The predicted molar refractivity (Wildman–Crippen MR) is 57.4 cm³/mol. The first-order valence-electron chi connectivity index (χ1n) is 5.02. The van der Waals surface area contributed by atoms with Gasteiger partial charge in [0, 0.05) is 32.2 Å². The van der Waals surface area contributed by atoms with Crippen LogP contribution in [-0.2, 0) is 4.79 Å². The van der Waals surface area contributed by atoms with Gasteiger partial charge in [0.2, 0.25) is 5.91 Å². The number of hydrogen-bond acceptors (Lipinski definition) is 3. The molecule has 0 spiro atoms. The number of carbonyl (C=O) groups is 1. The summed E-state index contributed by atoms with van der Waals surface area (Å²) < 4.78 is 0. The van der Waals surface area contributed by atoms with E-state index in [1.165, 1.54) is 0 Å². The van der Waals surface area contributed by atoms with Crippen molar-refractivity contribution >= 4 is 18.3 Å². The van der Waals surface area contributed by atoms with Gasteiger partial charge in [-0.3, -0.25) is 4.79 Å². The highest BCUT2D eigenvalue weighted by atomic mass is 35.5. The number of piperidine rings is 1. The van der Waals surface area contributed by atoms with Gasteiger partial charge in [-0.1, -0.05) is 0 Å². The second-order valence-electron chi connectivity index (χ2n) is 4.04. The Balaban J connectivity index is 0.000000980. The first-order chi connectivity index (χ1) is 6.27. The molecule has 2 saturated heterocycles. The first kappa shape index (κ1) is 11.8. The summed E-state index contributed by atoms with van der Waals surface area (Å²) in [6.07, 6.45) is 2.12. The third-order valence-electron chi connectivity index (χ3n) is 2.90. The van der Waals surface area contributed by atoms with E-state index in [1.807, 2.05) is 4.90 Å². The lowest BCUT2D eigenvalue weighted by molar-refractivity contribution is -0.138. The molecule has 1 atom stereocenters. The molecule has 0 unspecified atom stereocenters. The van der Waals surface area contributed by atoms with Crippen LogP contribution < -0.4 is 11.1 Å². The smallest absolute Gasteiger partial charge is 0.228 e. The summed E-state index contributed by atoms with van der Waals surface area (Å²) in [7, 11) is 0. The van der Waals surface area contributed by atoms with Gasteiger partial charge >= 0.3 is 0 Å². The van der Waals surface area contributed by atoms with Crippen molar-refractivity contribution in [2.45, 2.75) is 18.9 Å². The molecule has 2 aliphatic heterocycles. The summed E-state index contributed by atoms with van der Waals surface area (Å²) >= 11 is 0. The molecule has 0 saturated carbocycles. The van der Waals surface area contributed by atoms with E-state index < -0.39 is 0 Å². The van der Waals surface area contributed by atoms with Crippen molar-refractivity contribution in [1.82, 2.24) is 10.2 Å². The number of hydrogen-bond donors (Lipinski definition) is 2. The maximum atomic E-state index is 11.8. The van der Waals surface area contributed by atoms with Gasteiger partial charge in [-0.2, -0.15) is 0 Å². The van der Waals surface area contributed by atoms with E-state index in [-0.39, 0.29) is 24.4 Å². The van der Waals surface area contributed by atoms with E-state index in [0.29, 0.717) is 5.91 Å². The highest BCUT2D eigenvalue weighted by Gasteiger charge is 2.31. The molecule has 2 heterocycles. The Labute approximate surface area is 90.6 Å². The van der Waals surface area contributed by atoms with Gasteiger partial charge in [-0.15, -0.1) is 12.4 Å². The minimum absolute atomic E-state index is 0. The standard InChI is InChI=1S/C9H17N3O.ClH/c10-8-2-1-3-12(6-8)9(13)7-4-11-5-7;/h7-8,11H,1-6,10H2;1H/t8-;/m1./s1. The van der Waals surface area contributed by atoms with Crippen molar-refractivity contribution in [3.05, 3.63) is 0 Å². The lowest BCUT2D eigenvalue weighted by Crippen LogP contribution is -2.55. The van der Waals surface area contributed by atoms with Gasteiger partial charge in [0.15, 0.2) is 0 Å². The predicted octanol–water partition coefficient (Wildman–Crippen LogP) is -0.423. The Morgan fingerprint density at radius 3 is 2.64 bits per heavy atom. The minimum Gasteiger partial charge on any atom is -0.341 e. The van der Waals surface area contributed by atoms with Gasteiger partial charge < -0.3 is 16.0 Å². The molecule has 2 rings (SSSR count). The largest absolute Gasteiger partial charge is 0.341 e. The summed E-state index contributed by atoms with van der Waals surface area (Å²) in [4.78, 5) is 13.7. The zero-order chi connectivity index (χ0) is 9.26. The number of nitrogens with two attached hydrogens (primary N) is 1. The Hall–Kier alpha value is -0.320. The normalized spacial score (nSPS) is 27.8. The maximum Gasteiger partial charge on any atom is 0.228 e. The van der Waals surface area contributed by atoms with Gasteiger partial charge in [0.1, 0.15) is 0 Å². The highest BCUT2D eigenvalue weighted by molar-refractivity contribution is 5.85. The molecule has 4 nitrogen and oxygen atoms in total. The number of nitrogens with zero attached hydrogens (tertiary/aromatic N) is 1. The topological polar surface area (TPSA) is 58.4 Å². The molecule has 0 bridgehead atoms. The number of carbonyl (C=O) groups excluding carboxylic acids is 1. The van der Waals surface area contributed by atoms with Crippen molar-refractivity contribution < 1.29 is 4.79 Å². The molecule has 2 aliphatic rings. The van der Waals surface area contributed by atoms with E-state index in [2.05, 4.69) is 5.32 Å². The fourth-order valence-corrected chi connectivity index (χ4v) is 1.93. The number of likely N-dealkylation sites (tertiary alicyclic amines) is 1. The molecule has 5 heteroatoms. The lowest BCUT2D eigenvalue weighted by Gasteiger charge is -2.36. The SMILES string of the molecule is Cl.N[C@@H]1CCCN(C(=O)C2CNC2)C1. The molecule has 0 aromatic rings. The van der Waals surface area contributed by atoms with Crippen molar-refractivity contribution in [2.24, 2.45) is 11.7 Å². The molecule has 3 N–H and O–H groups in total. The zero-order valence-electron chi connectivity index (χ0n) is 8.24. The molecule has 0 radical (unpaired) electrons. The highest BCUT2D eigenvalue weighted by Crippen LogP contribution is 2.14. The average Bonchev–Trinajstić information content (AvgIpc) is 2.01. The molecule has 0 aromatic carbocycles. The number of nitrogens with one attached hydrogen (secondary N) is 1. The van der Waals surface area contributed by atoms with Crippen LogP contribution in [0.3, 0.4) is 0 Å². The quantitative estimate of drug-likeness (QED) is 0.630.